The summed E-state index contributed by atoms with van der Waals surface area (Å²) in [5.74, 6) is 0.233. The first-order valence-corrected chi connectivity index (χ1v) is 6.52. The molecule has 2 amide bonds. The molecule has 2 bridgehead atoms. The number of ether oxygens (including phenoxy) is 1. The van der Waals surface area contributed by atoms with Gasteiger partial charge in [-0.1, -0.05) is 0 Å². The van der Waals surface area contributed by atoms with Gasteiger partial charge in [0.2, 0.25) is 0 Å². The van der Waals surface area contributed by atoms with E-state index in [2.05, 4.69) is 0 Å². The highest BCUT2D eigenvalue weighted by Gasteiger charge is 2.64. The number of fused-ring (bicyclic) bond motifs is 1. The lowest BCUT2D eigenvalue weighted by molar-refractivity contribution is -0.183. The van der Waals surface area contributed by atoms with Crippen LogP contribution in [0.3, 0.4) is 0 Å². The average Bonchev–Trinajstić information content (AvgIpc) is 2.79. The molecule has 0 aromatic carbocycles. The molecule has 6 heteroatoms. The molecule has 3 fully saturated rings. The van der Waals surface area contributed by atoms with Crippen molar-refractivity contribution in [3.63, 3.8) is 0 Å². The molecule has 3 rings (SSSR count). The van der Waals surface area contributed by atoms with Gasteiger partial charge in [-0.25, -0.2) is 9.86 Å². The predicted molar refractivity (Wildman–Crippen MR) is 68.2 cm³/mol. The second-order valence-electron chi connectivity index (χ2n) is 6.38. The van der Waals surface area contributed by atoms with Gasteiger partial charge in [-0.05, 0) is 39.5 Å². The van der Waals surface area contributed by atoms with Crippen LogP contribution in [0.15, 0.2) is 0 Å². The number of hydrogen-bond donors (Lipinski definition) is 0. The maximum absolute atomic E-state index is 12.4. The van der Waals surface area contributed by atoms with Crippen molar-refractivity contribution in [2.45, 2.75) is 44.8 Å². The summed E-state index contributed by atoms with van der Waals surface area (Å²) >= 11 is 0. The van der Waals surface area contributed by atoms with E-state index in [1.807, 2.05) is 20.8 Å². The first-order chi connectivity index (χ1) is 8.69. The van der Waals surface area contributed by atoms with E-state index >= 15 is 0 Å². The summed E-state index contributed by atoms with van der Waals surface area (Å²) in [6.07, 6.45) is 1.00. The lowest BCUT2D eigenvalue weighted by Crippen LogP contribution is -2.59. The van der Waals surface area contributed by atoms with Crippen LogP contribution < -0.4 is 0 Å². The van der Waals surface area contributed by atoms with Crippen molar-refractivity contribution in [3.05, 3.63) is 0 Å². The Morgan fingerprint density at radius 1 is 1.32 bits per heavy atom. The minimum atomic E-state index is -0.752. The third kappa shape index (κ3) is 2.29. The quantitative estimate of drug-likeness (QED) is 0.712. The van der Waals surface area contributed by atoms with E-state index in [1.165, 1.54) is 12.2 Å². The minimum absolute atomic E-state index is 0.172. The van der Waals surface area contributed by atoms with Crippen LogP contribution in [-0.4, -0.2) is 53.8 Å². The van der Waals surface area contributed by atoms with Gasteiger partial charge >= 0.3 is 6.09 Å². The molecule has 0 spiro atoms. The first-order valence-electron chi connectivity index (χ1n) is 6.52. The largest absolute Gasteiger partial charge is 0.444 e. The summed E-state index contributed by atoms with van der Waals surface area (Å²) in [7, 11) is 3.01. The van der Waals surface area contributed by atoms with Gasteiger partial charge in [0.15, 0.2) is 0 Å². The molecule has 1 saturated carbocycles. The Morgan fingerprint density at radius 2 is 1.89 bits per heavy atom. The van der Waals surface area contributed by atoms with Crippen molar-refractivity contribution in [1.29, 1.82) is 0 Å². The Hall–Kier alpha value is -1.30. The molecule has 19 heavy (non-hydrogen) atoms. The average molecular weight is 270 g/mol. The molecule has 0 atom stereocenters. The van der Waals surface area contributed by atoms with E-state index in [4.69, 9.17) is 9.57 Å². The molecular weight excluding hydrogens is 248 g/mol. The summed E-state index contributed by atoms with van der Waals surface area (Å²) in [4.78, 5) is 31.1. The lowest BCUT2D eigenvalue weighted by atomic mass is 9.72. The predicted octanol–water partition coefficient (Wildman–Crippen LogP) is 1.41. The van der Waals surface area contributed by atoms with Gasteiger partial charge in [-0.2, -0.15) is 0 Å². The summed E-state index contributed by atoms with van der Waals surface area (Å²) in [5, 5.41) is 1.19. The molecule has 0 aromatic heterocycles. The molecule has 2 aliphatic heterocycles. The number of rotatable bonds is 2. The fourth-order valence-electron chi connectivity index (χ4n) is 2.91. The summed E-state index contributed by atoms with van der Waals surface area (Å²) < 4.78 is 5.38. The van der Waals surface area contributed by atoms with Crippen LogP contribution in [-0.2, 0) is 14.4 Å². The number of hydrogen-bond acceptors (Lipinski definition) is 4. The molecular formula is C13H22N2O4. The van der Waals surface area contributed by atoms with Crippen LogP contribution in [0.2, 0.25) is 0 Å². The summed E-state index contributed by atoms with van der Waals surface area (Å²) in [6.45, 7) is 6.06. The highest BCUT2D eigenvalue weighted by atomic mass is 16.7. The topological polar surface area (TPSA) is 59.1 Å². The summed E-state index contributed by atoms with van der Waals surface area (Å²) in [6, 6.07) is 0. The van der Waals surface area contributed by atoms with Gasteiger partial charge in [-0.3, -0.25) is 14.5 Å². The van der Waals surface area contributed by atoms with Crippen molar-refractivity contribution < 1.29 is 19.2 Å². The van der Waals surface area contributed by atoms with Gasteiger partial charge in [0.1, 0.15) is 11.1 Å². The standard InChI is InChI=1S/C13H22N2O4/c1-12(2,3)19-11(17)15-8-9-6-13(15,7-9)10(16)14(4)18-5/h9H,6-8H2,1-5H3. The molecule has 2 saturated heterocycles. The summed E-state index contributed by atoms with van der Waals surface area (Å²) in [5.41, 5.74) is -1.31. The zero-order valence-corrected chi connectivity index (χ0v) is 12.2. The van der Waals surface area contributed by atoms with Crippen LogP contribution in [0.5, 0.6) is 0 Å². The molecule has 0 unspecified atom stereocenters. The first kappa shape index (κ1) is 14.1. The number of carbonyl (C=O) groups is 2. The molecule has 0 N–H and O–H groups in total. The zero-order valence-electron chi connectivity index (χ0n) is 12.2. The number of carbonyl (C=O) groups excluding carboxylic acids is 2. The van der Waals surface area contributed by atoms with Gasteiger partial charge in [-0.15, -0.1) is 0 Å². The Bertz CT molecular complexity index is 396. The molecule has 3 aliphatic rings. The lowest BCUT2D eigenvalue weighted by Gasteiger charge is -2.41. The normalized spacial score (nSPS) is 28.9. The second-order valence-corrected chi connectivity index (χ2v) is 6.38. The van der Waals surface area contributed by atoms with Crippen LogP contribution >= 0.6 is 0 Å². The molecule has 0 aromatic rings. The molecule has 6 nitrogen and oxygen atoms in total. The third-order valence-corrected chi connectivity index (χ3v) is 3.78. The number of likely N-dealkylation sites (N-methyl/N-ethyl adjacent to an activating group) is 1. The van der Waals surface area contributed by atoms with Gasteiger partial charge in [0, 0.05) is 13.6 Å². The van der Waals surface area contributed by atoms with E-state index in [0.29, 0.717) is 25.3 Å². The Kier molecular flexibility index (Phi) is 3.24. The Balaban J connectivity index is 2.14. The third-order valence-electron chi connectivity index (χ3n) is 3.78. The van der Waals surface area contributed by atoms with E-state index in [0.717, 1.165) is 0 Å². The van der Waals surface area contributed by atoms with Crippen molar-refractivity contribution in [3.8, 4) is 0 Å². The van der Waals surface area contributed by atoms with Gasteiger partial charge in [0.25, 0.3) is 5.91 Å². The molecule has 1 aliphatic carbocycles. The van der Waals surface area contributed by atoms with Crippen molar-refractivity contribution in [2.75, 3.05) is 20.7 Å². The van der Waals surface area contributed by atoms with Crippen LogP contribution in [0.1, 0.15) is 33.6 Å². The van der Waals surface area contributed by atoms with Crippen molar-refractivity contribution in [2.24, 2.45) is 5.92 Å². The fourth-order valence-corrected chi connectivity index (χ4v) is 2.91. The zero-order chi connectivity index (χ0) is 14.4. The van der Waals surface area contributed by atoms with Crippen LogP contribution in [0, 0.1) is 5.92 Å². The molecule has 108 valence electrons. The maximum Gasteiger partial charge on any atom is 0.411 e. The Morgan fingerprint density at radius 3 is 2.37 bits per heavy atom. The number of nitrogens with zero attached hydrogens (tertiary/aromatic N) is 2. The van der Waals surface area contributed by atoms with Gasteiger partial charge in [0.05, 0.1) is 7.11 Å². The van der Waals surface area contributed by atoms with E-state index in [1.54, 1.807) is 11.9 Å². The number of amides is 2. The SMILES string of the molecule is CON(C)C(=O)C12CC(CN1C(=O)OC(C)(C)C)C2. The second kappa shape index (κ2) is 4.37. The van der Waals surface area contributed by atoms with Gasteiger partial charge < -0.3 is 4.74 Å². The number of hydroxylamine groups is 2. The minimum Gasteiger partial charge on any atom is -0.444 e. The smallest absolute Gasteiger partial charge is 0.411 e. The van der Waals surface area contributed by atoms with E-state index < -0.39 is 17.2 Å². The van der Waals surface area contributed by atoms with Crippen LogP contribution in [0.4, 0.5) is 4.79 Å². The Labute approximate surface area is 113 Å². The van der Waals surface area contributed by atoms with Crippen molar-refractivity contribution >= 4 is 12.0 Å². The van der Waals surface area contributed by atoms with Crippen LogP contribution in [0.25, 0.3) is 0 Å². The van der Waals surface area contributed by atoms with Crippen molar-refractivity contribution in [1.82, 2.24) is 9.96 Å². The van der Waals surface area contributed by atoms with E-state index in [9.17, 15) is 9.59 Å². The highest BCUT2D eigenvalue weighted by molar-refractivity contribution is 5.91. The van der Waals surface area contributed by atoms with E-state index in [-0.39, 0.29) is 5.91 Å². The highest BCUT2D eigenvalue weighted by Crippen LogP contribution is 2.51. The molecule has 2 heterocycles. The molecule has 0 radical (unpaired) electrons. The maximum atomic E-state index is 12.4. The monoisotopic (exact) mass is 270 g/mol. The fraction of sp³-hybridized carbons (Fsp3) is 0.846.